The molecule has 1 aliphatic rings. The Bertz CT molecular complexity index is 634. The number of nitrogens with zero attached hydrogens (tertiary/aromatic N) is 1. The van der Waals surface area contributed by atoms with Gasteiger partial charge in [0.05, 0.1) is 11.6 Å². The van der Waals surface area contributed by atoms with Gasteiger partial charge in [-0.1, -0.05) is 37.9 Å². The van der Waals surface area contributed by atoms with Crippen molar-refractivity contribution in [1.82, 2.24) is 4.98 Å². The summed E-state index contributed by atoms with van der Waals surface area (Å²) in [6.45, 7) is 0. The van der Waals surface area contributed by atoms with Crippen LogP contribution in [0.25, 0.3) is 0 Å². The van der Waals surface area contributed by atoms with Crippen LogP contribution in [-0.2, 0) is 6.42 Å². The van der Waals surface area contributed by atoms with Crippen LogP contribution in [0.5, 0.6) is 0 Å². The average molecular weight is 381 g/mol. The molecule has 0 spiro atoms. The molecule has 4 heteroatoms. The van der Waals surface area contributed by atoms with Crippen LogP contribution in [0.15, 0.2) is 45.5 Å². The van der Waals surface area contributed by atoms with Crippen LogP contribution >= 0.6 is 31.9 Å². The third-order valence-electron chi connectivity index (χ3n) is 3.42. The van der Waals surface area contributed by atoms with Crippen molar-refractivity contribution in [2.24, 2.45) is 0 Å². The number of hydrogen-bond donors (Lipinski definition) is 0. The van der Waals surface area contributed by atoms with E-state index in [4.69, 9.17) is 0 Å². The molecule has 19 heavy (non-hydrogen) atoms. The first-order valence-corrected chi connectivity index (χ1v) is 7.68. The van der Waals surface area contributed by atoms with Crippen molar-refractivity contribution in [3.8, 4) is 0 Å². The predicted octanol–water partition coefficient (Wildman–Crippen LogP) is 4.52. The van der Waals surface area contributed by atoms with Crippen molar-refractivity contribution in [1.29, 1.82) is 0 Å². The highest BCUT2D eigenvalue weighted by Gasteiger charge is 2.30. The van der Waals surface area contributed by atoms with E-state index < -0.39 is 0 Å². The number of pyridine rings is 1. The van der Waals surface area contributed by atoms with Crippen molar-refractivity contribution in [2.45, 2.75) is 18.8 Å². The molecule has 0 radical (unpaired) electrons. The lowest BCUT2D eigenvalue weighted by Crippen LogP contribution is -2.11. The van der Waals surface area contributed by atoms with Crippen molar-refractivity contribution in [2.75, 3.05) is 0 Å². The Balaban J connectivity index is 1.98. The number of fused-ring (bicyclic) bond motifs is 1. The molecule has 1 aromatic carbocycles. The summed E-state index contributed by atoms with van der Waals surface area (Å²) in [6.07, 6.45) is 3.56. The average Bonchev–Trinajstić information content (AvgIpc) is 2.80. The fraction of sp³-hybridized carbons (Fsp3) is 0.200. The van der Waals surface area contributed by atoms with Crippen LogP contribution in [0, 0.1) is 0 Å². The van der Waals surface area contributed by atoms with E-state index in [-0.39, 0.29) is 11.7 Å². The smallest absolute Gasteiger partial charge is 0.171 e. The van der Waals surface area contributed by atoms with Gasteiger partial charge in [0.15, 0.2) is 5.78 Å². The molecule has 1 aromatic heterocycles. The molecule has 1 heterocycles. The maximum absolute atomic E-state index is 12.6. The molecule has 1 atom stereocenters. The van der Waals surface area contributed by atoms with Gasteiger partial charge in [0, 0.05) is 20.7 Å². The van der Waals surface area contributed by atoms with E-state index in [9.17, 15) is 4.79 Å². The van der Waals surface area contributed by atoms with Crippen molar-refractivity contribution < 1.29 is 4.79 Å². The summed E-state index contributed by atoms with van der Waals surface area (Å²) in [7, 11) is 0. The molecule has 0 fully saturated rings. The Morgan fingerprint density at radius 3 is 2.68 bits per heavy atom. The zero-order valence-electron chi connectivity index (χ0n) is 10.1. The first-order chi connectivity index (χ1) is 9.15. The lowest BCUT2D eigenvalue weighted by atomic mass is 9.95. The molecule has 0 saturated carbocycles. The topological polar surface area (TPSA) is 30.0 Å². The van der Waals surface area contributed by atoms with Crippen LogP contribution < -0.4 is 0 Å². The van der Waals surface area contributed by atoms with E-state index in [1.54, 1.807) is 6.20 Å². The maximum atomic E-state index is 12.6. The Morgan fingerprint density at radius 1 is 1.21 bits per heavy atom. The molecule has 0 aliphatic heterocycles. The fourth-order valence-electron chi connectivity index (χ4n) is 2.57. The summed E-state index contributed by atoms with van der Waals surface area (Å²) in [5, 5.41) is 0. The second-order valence-electron chi connectivity index (χ2n) is 4.66. The lowest BCUT2D eigenvalue weighted by Gasteiger charge is -2.10. The van der Waals surface area contributed by atoms with E-state index in [0.717, 1.165) is 33.0 Å². The number of halogens is 2. The largest absolute Gasteiger partial charge is 0.293 e. The number of ketones is 1. The first-order valence-electron chi connectivity index (χ1n) is 6.09. The SMILES string of the molecule is O=C(c1cc(Br)cc(Br)c1)C1CCc2cccnc21. The standard InChI is InChI=1S/C15H11Br2NO/c16-11-6-10(7-12(17)8-11)15(19)13-4-3-9-2-1-5-18-14(9)13/h1-2,5-8,13H,3-4H2. The van der Waals surface area contributed by atoms with Gasteiger partial charge in [-0.05, 0) is 42.7 Å². The van der Waals surface area contributed by atoms with Gasteiger partial charge in [0.2, 0.25) is 0 Å². The summed E-state index contributed by atoms with van der Waals surface area (Å²) >= 11 is 6.85. The zero-order valence-corrected chi connectivity index (χ0v) is 13.2. The molecule has 1 aliphatic carbocycles. The minimum atomic E-state index is -0.0996. The molecular formula is C15H11Br2NO. The first kappa shape index (κ1) is 13.0. The Kier molecular flexibility index (Phi) is 3.54. The molecule has 1 unspecified atom stereocenters. The minimum Gasteiger partial charge on any atom is -0.293 e. The summed E-state index contributed by atoms with van der Waals surface area (Å²) in [5.74, 6) is 0.0526. The molecule has 96 valence electrons. The molecule has 0 N–H and O–H groups in total. The highest BCUT2D eigenvalue weighted by Crippen LogP contribution is 2.34. The van der Waals surface area contributed by atoms with E-state index in [2.05, 4.69) is 42.9 Å². The summed E-state index contributed by atoms with van der Waals surface area (Å²) in [6, 6.07) is 9.66. The lowest BCUT2D eigenvalue weighted by molar-refractivity contribution is 0.0958. The highest BCUT2D eigenvalue weighted by molar-refractivity contribution is 9.11. The Hall–Kier alpha value is -1.00. The fourth-order valence-corrected chi connectivity index (χ4v) is 3.86. The highest BCUT2D eigenvalue weighted by atomic mass is 79.9. The minimum absolute atomic E-state index is 0.0996. The van der Waals surface area contributed by atoms with Crippen LogP contribution in [0.1, 0.15) is 34.0 Å². The van der Waals surface area contributed by atoms with Crippen LogP contribution in [0.3, 0.4) is 0 Å². The van der Waals surface area contributed by atoms with Gasteiger partial charge in [-0.3, -0.25) is 9.78 Å². The van der Waals surface area contributed by atoms with E-state index >= 15 is 0 Å². The number of aryl methyl sites for hydroxylation is 1. The Labute approximate surface area is 128 Å². The molecule has 2 nitrogen and oxygen atoms in total. The zero-order chi connectivity index (χ0) is 13.4. The van der Waals surface area contributed by atoms with Crippen LogP contribution in [-0.4, -0.2) is 10.8 Å². The summed E-state index contributed by atoms with van der Waals surface area (Å²) in [4.78, 5) is 17.0. The maximum Gasteiger partial charge on any atom is 0.171 e. The second-order valence-corrected chi connectivity index (χ2v) is 6.49. The van der Waals surface area contributed by atoms with Gasteiger partial charge in [0.1, 0.15) is 0 Å². The van der Waals surface area contributed by atoms with Gasteiger partial charge in [-0.15, -0.1) is 0 Å². The molecule has 0 saturated heterocycles. The number of carbonyl (C=O) groups excluding carboxylic acids is 1. The quantitative estimate of drug-likeness (QED) is 0.717. The second kappa shape index (κ2) is 5.17. The number of carbonyl (C=O) groups is 1. The van der Waals surface area contributed by atoms with Crippen molar-refractivity contribution >= 4 is 37.6 Å². The van der Waals surface area contributed by atoms with Gasteiger partial charge in [0.25, 0.3) is 0 Å². The van der Waals surface area contributed by atoms with Crippen molar-refractivity contribution in [3.05, 3.63) is 62.3 Å². The molecule has 2 aromatic rings. The van der Waals surface area contributed by atoms with Gasteiger partial charge in [-0.25, -0.2) is 0 Å². The van der Waals surface area contributed by atoms with Crippen LogP contribution in [0.2, 0.25) is 0 Å². The molecule has 0 bridgehead atoms. The number of Topliss-reactive ketones (excluding diaryl/α,β-unsaturated/α-hetero) is 1. The third kappa shape index (κ3) is 2.51. The van der Waals surface area contributed by atoms with Crippen LogP contribution in [0.4, 0.5) is 0 Å². The monoisotopic (exact) mass is 379 g/mol. The number of rotatable bonds is 2. The normalized spacial score (nSPS) is 17.3. The number of aromatic nitrogens is 1. The van der Waals surface area contributed by atoms with Gasteiger partial charge >= 0.3 is 0 Å². The van der Waals surface area contributed by atoms with Gasteiger partial charge < -0.3 is 0 Å². The van der Waals surface area contributed by atoms with Gasteiger partial charge in [-0.2, -0.15) is 0 Å². The summed E-state index contributed by atoms with van der Waals surface area (Å²) in [5.41, 5.74) is 2.88. The molecule has 0 amide bonds. The van der Waals surface area contributed by atoms with Crippen molar-refractivity contribution in [3.63, 3.8) is 0 Å². The van der Waals surface area contributed by atoms with E-state index in [0.29, 0.717) is 0 Å². The predicted molar refractivity (Wildman–Crippen MR) is 81.5 cm³/mol. The van der Waals surface area contributed by atoms with E-state index in [1.165, 1.54) is 5.56 Å². The third-order valence-corrected chi connectivity index (χ3v) is 4.34. The van der Waals surface area contributed by atoms with E-state index in [1.807, 2.05) is 24.3 Å². The summed E-state index contributed by atoms with van der Waals surface area (Å²) < 4.78 is 1.81. The number of hydrogen-bond acceptors (Lipinski definition) is 2. The number of benzene rings is 1. The Morgan fingerprint density at radius 2 is 1.95 bits per heavy atom. The molecule has 3 rings (SSSR count). The molecular weight excluding hydrogens is 370 g/mol.